The van der Waals surface area contributed by atoms with Crippen molar-refractivity contribution in [2.75, 3.05) is 0 Å². The average molecular weight is 241 g/mol. The van der Waals surface area contributed by atoms with Gasteiger partial charge in [0, 0.05) is 25.0 Å². The molecule has 3 nitrogen and oxygen atoms in total. The largest absolute Gasteiger partial charge is 0.308 e. The van der Waals surface area contributed by atoms with Crippen LogP contribution in [-0.2, 0) is 13.6 Å². The van der Waals surface area contributed by atoms with Crippen LogP contribution < -0.4 is 5.32 Å². The fourth-order valence-electron chi connectivity index (χ4n) is 2.64. The number of fused-ring (bicyclic) bond motifs is 1. The van der Waals surface area contributed by atoms with Gasteiger partial charge in [-0.1, -0.05) is 30.4 Å². The van der Waals surface area contributed by atoms with E-state index in [1.54, 1.807) is 0 Å². The number of nitrogens with zero attached hydrogens (tertiary/aromatic N) is 2. The molecule has 3 rings (SSSR count). The highest BCUT2D eigenvalue weighted by atomic mass is 15.3. The summed E-state index contributed by atoms with van der Waals surface area (Å²) in [5.41, 5.74) is 2.36. The lowest BCUT2D eigenvalue weighted by molar-refractivity contribution is 0.470. The molecule has 0 spiro atoms. The van der Waals surface area contributed by atoms with Crippen LogP contribution >= 0.6 is 0 Å². The Bertz CT molecular complexity index is 568. The molecule has 1 aliphatic carbocycles. The fraction of sp³-hybridized carbons (Fsp3) is 0.400. The van der Waals surface area contributed by atoms with Crippen molar-refractivity contribution in [1.82, 2.24) is 15.1 Å². The van der Waals surface area contributed by atoms with Crippen LogP contribution in [0, 0.1) is 0 Å². The zero-order valence-electron chi connectivity index (χ0n) is 10.8. The molecule has 0 aliphatic heterocycles. The van der Waals surface area contributed by atoms with Crippen molar-refractivity contribution in [3.8, 4) is 0 Å². The van der Waals surface area contributed by atoms with Gasteiger partial charge in [0.05, 0.1) is 11.2 Å². The van der Waals surface area contributed by atoms with Gasteiger partial charge in [-0.25, -0.2) is 0 Å². The van der Waals surface area contributed by atoms with Crippen molar-refractivity contribution in [3.05, 3.63) is 42.1 Å². The smallest absolute Gasteiger partial charge is 0.0841 e. The Morgan fingerprint density at radius 1 is 1.33 bits per heavy atom. The van der Waals surface area contributed by atoms with Crippen molar-refractivity contribution in [1.29, 1.82) is 0 Å². The second kappa shape index (κ2) is 4.94. The predicted octanol–water partition coefficient (Wildman–Crippen LogP) is 2.77. The highest BCUT2D eigenvalue weighted by Gasteiger charge is 2.12. The molecule has 94 valence electrons. The van der Waals surface area contributed by atoms with Gasteiger partial charge < -0.3 is 5.32 Å². The molecule has 0 radical (unpaired) electrons. The second-order valence-electron chi connectivity index (χ2n) is 4.95. The van der Waals surface area contributed by atoms with Gasteiger partial charge in [-0.2, -0.15) is 5.10 Å². The normalized spacial score (nSPS) is 19.5. The van der Waals surface area contributed by atoms with E-state index in [9.17, 15) is 0 Å². The van der Waals surface area contributed by atoms with Gasteiger partial charge in [-0.3, -0.25) is 4.68 Å². The molecule has 1 aliphatic rings. The lowest BCUT2D eigenvalue weighted by Crippen LogP contribution is -2.29. The number of benzene rings is 1. The first-order valence-electron chi connectivity index (χ1n) is 6.63. The molecular weight excluding hydrogens is 222 g/mol. The molecule has 0 bridgehead atoms. The van der Waals surface area contributed by atoms with Gasteiger partial charge in [-0.05, 0) is 25.3 Å². The maximum atomic E-state index is 4.61. The Kier molecular flexibility index (Phi) is 3.15. The molecule has 0 saturated heterocycles. The first-order chi connectivity index (χ1) is 8.84. The molecular formula is C15H19N3. The summed E-state index contributed by atoms with van der Waals surface area (Å²) < 4.78 is 1.97. The molecule has 3 heteroatoms. The molecule has 1 aromatic carbocycles. The number of nitrogens with one attached hydrogen (secondary N) is 1. The summed E-state index contributed by atoms with van der Waals surface area (Å²) in [6, 6.07) is 9.02. The van der Waals surface area contributed by atoms with E-state index >= 15 is 0 Å². The summed E-state index contributed by atoms with van der Waals surface area (Å²) in [4.78, 5) is 0. The Hall–Kier alpha value is -1.61. The maximum Gasteiger partial charge on any atom is 0.0841 e. The van der Waals surface area contributed by atoms with Crippen LogP contribution in [0.4, 0.5) is 0 Å². The molecule has 1 aromatic heterocycles. The standard InChI is InChI=1S/C15H19N3/c1-18-15-10-6-5-9-13(15)14(17-18)11-16-12-7-3-2-4-8-12/h2-3,5-6,9-10,12,16H,4,7-8,11H2,1H3. The minimum absolute atomic E-state index is 0.607. The van der Waals surface area contributed by atoms with Crippen molar-refractivity contribution >= 4 is 10.9 Å². The van der Waals surface area contributed by atoms with Crippen LogP contribution in [-0.4, -0.2) is 15.8 Å². The zero-order chi connectivity index (χ0) is 12.4. The summed E-state index contributed by atoms with van der Waals surface area (Å²) in [6.07, 6.45) is 8.12. The summed E-state index contributed by atoms with van der Waals surface area (Å²) in [5, 5.41) is 9.49. The predicted molar refractivity (Wildman–Crippen MR) is 74.3 cm³/mol. The van der Waals surface area contributed by atoms with Crippen LogP contribution in [0.25, 0.3) is 10.9 Å². The SMILES string of the molecule is Cn1nc(CNC2CC=CCC2)c2ccccc21. The van der Waals surface area contributed by atoms with E-state index < -0.39 is 0 Å². The monoisotopic (exact) mass is 241 g/mol. The van der Waals surface area contributed by atoms with Crippen LogP contribution in [0.1, 0.15) is 25.0 Å². The Labute approximate surface area is 107 Å². The summed E-state index contributed by atoms with van der Waals surface area (Å²) in [7, 11) is 2.01. The minimum Gasteiger partial charge on any atom is -0.308 e. The van der Waals surface area contributed by atoms with Crippen molar-refractivity contribution in [3.63, 3.8) is 0 Å². The number of allylic oxidation sites excluding steroid dienone is 1. The number of aryl methyl sites for hydroxylation is 1. The molecule has 1 atom stereocenters. The van der Waals surface area contributed by atoms with E-state index in [1.165, 1.54) is 23.7 Å². The van der Waals surface area contributed by atoms with Gasteiger partial charge in [0.15, 0.2) is 0 Å². The zero-order valence-corrected chi connectivity index (χ0v) is 10.8. The van der Waals surface area contributed by atoms with Gasteiger partial charge in [0.1, 0.15) is 0 Å². The van der Waals surface area contributed by atoms with E-state index in [4.69, 9.17) is 0 Å². The van der Waals surface area contributed by atoms with Crippen LogP contribution in [0.15, 0.2) is 36.4 Å². The molecule has 2 aromatic rings. The Morgan fingerprint density at radius 3 is 3.06 bits per heavy atom. The third kappa shape index (κ3) is 2.18. The van der Waals surface area contributed by atoms with Crippen LogP contribution in [0.3, 0.4) is 0 Å². The lowest BCUT2D eigenvalue weighted by Gasteiger charge is -2.18. The minimum atomic E-state index is 0.607. The van der Waals surface area contributed by atoms with Crippen molar-refractivity contribution < 1.29 is 0 Å². The third-order valence-corrected chi connectivity index (χ3v) is 3.66. The number of hydrogen-bond donors (Lipinski definition) is 1. The van der Waals surface area contributed by atoms with Gasteiger partial charge in [-0.15, -0.1) is 0 Å². The van der Waals surface area contributed by atoms with Gasteiger partial charge in [0.2, 0.25) is 0 Å². The van der Waals surface area contributed by atoms with E-state index in [1.807, 2.05) is 11.7 Å². The van der Waals surface area contributed by atoms with Crippen LogP contribution in [0.5, 0.6) is 0 Å². The molecule has 18 heavy (non-hydrogen) atoms. The quantitative estimate of drug-likeness (QED) is 0.837. The third-order valence-electron chi connectivity index (χ3n) is 3.66. The van der Waals surface area contributed by atoms with Crippen molar-refractivity contribution in [2.24, 2.45) is 7.05 Å². The topological polar surface area (TPSA) is 29.9 Å². The van der Waals surface area contributed by atoms with E-state index in [0.29, 0.717) is 6.04 Å². The molecule has 0 amide bonds. The van der Waals surface area contributed by atoms with E-state index in [0.717, 1.165) is 18.7 Å². The maximum absolute atomic E-state index is 4.61. The highest BCUT2D eigenvalue weighted by Crippen LogP contribution is 2.18. The van der Waals surface area contributed by atoms with Crippen LogP contribution in [0.2, 0.25) is 0 Å². The lowest BCUT2D eigenvalue weighted by atomic mass is 10.0. The molecule has 1 N–H and O–H groups in total. The Balaban J connectivity index is 1.76. The second-order valence-corrected chi connectivity index (χ2v) is 4.95. The summed E-state index contributed by atoms with van der Waals surface area (Å²) in [6.45, 7) is 0.861. The van der Waals surface area contributed by atoms with Crippen molar-refractivity contribution in [2.45, 2.75) is 31.8 Å². The van der Waals surface area contributed by atoms with Gasteiger partial charge >= 0.3 is 0 Å². The van der Waals surface area contributed by atoms with E-state index in [2.05, 4.69) is 46.8 Å². The Morgan fingerprint density at radius 2 is 2.22 bits per heavy atom. The number of hydrogen-bond acceptors (Lipinski definition) is 2. The van der Waals surface area contributed by atoms with Gasteiger partial charge in [0.25, 0.3) is 0 Å². The first-order valence-corrected chi connectivity index (χ1v) is 6.63. The summed E-state index contributed by atoms with van der Waals surface area (Å²) >= 11 is 0. The molecule has 1 unspecified atom stereocenters. The molecule has 0 fully saturated rings. The molecule has 0 saturated carbocycles. The number of para-hydroxylation sites is 1. The summed E-state index contributed by atoms with van der Waals surface area (Å²) in [5.74, 6) is 0. The fourth-order valence-corrected chi connectivity index (χ4v) is 2.64. The number of aromatic nitrogens is 2. The van der Waals surface area contributed by atoms with E-state index in [-0.39, 0.29) is 0 Å². The first kappa shape index (κ1) is 11.5. The number of rotatable bonds is 3. The molecule has 1 heterocycles. The highest BCUT2D eigenvalue weighted by molar-refractivity contribution is 5.81. The average Bonchev–Trinajstić information content (AvgIpc) is 2.75.